The van der Waals surface area contributed by atoms with Crippen LogP contribution in [0.5, 0.6) is 0 Å². The van der Waals surface area contributed by atoms with Gasteiger partial charge in [0.2, 0.25) is 5.82 Å². The van der Waals surface area contributed by atoms with E-state index in [4.69, 9.17) is 23.2 Å². The molecule has 6 nitrogen and oxygen atoms in total. The Morgan fingerprint density at radius 2 is 1.66 bits per heavy atom. The molecule has 0 fully saturated rings. The maximum Gasteiger partial charge on any atom is 0.293 e. The molecule has 0 atom stereocenters. The summed E-state index contributed by atoms with van der Waals surface area (Å²) in [6.45, 7) is 3.64. The van der Waals surface area contributed by atoms with Crippen LogP contribution in [-0.2, 0) is 0 Å². The largest absolute Gasteiger partial charge is 0.355 e. The standard InChI is InChI=1S/C21H18Cl2N4O2/c1-11-8-13(20(28)24-3)9-12(2)18(11)27-21(29)19-25-7-6-17(26-19)15-10-14(22)4-5-16(15)23/h4-10H,1-3H3,(H,24,28)(H,27,29). The maximum absolute atomic E-state index is 12.8. The van der Waals surface area contributed by atoms with Crippen LogP contribution in [-0.4, -0.2) is 28.8 Å². The van der Waals surface area contributed by atoms with Crippen LogP contribution in [0.4, 0.5) is 5.69 Å². The van der Waals surface area contributed by atoms with E-state index in [-0.39, 0.29) is 11.7 Å². The van der Waals surface area contributed by atoms with Crippen molar-refractivity contribution in [2.45, 2.75) is 13.8 Å². The summed E-state index contributed by atoms with van der Waals surface area (Å²) in [5.74, 6) is -0.667. The lowest BCUT2D eigenvalue weighted by Crippen LogP contribution is -2.20. The highest BCUT2D eigenvalue weighted by Gasteiger charge is 2.16. The van der Waals surface area contributed by atoms with Crippen molar-refractivity contribution in [3.05, 3.63) is 75.2 Å². The Bertz CT molecular complexity index is 1090. The lowest BCUT2D eigenvalue weighted by atomic mass is 10.0. The van der Waals surface area contributed by atoms with Gasteiger partial charge >= 0.3 is 0 Å². The van der Waals surface area contributed by atoms with E-state index in [0.717, 1.165) is 11.1 Å². The van der Waals surface area contributed by atoms with Crippen LogP contribution < -0.4 is 10.6 Å². The van der Waals surface area contributed by atoms with Gasteiger partial charge in [-0.25, -0.2) is 9.97 Å². The predicted molar refractivity (Wildman–Crippen MR) is 115 cm³/mol. The molecule has 0 bridgehead atoms. The molecule has 0 aliphatic heterocycles. The molecule has 2 N–H and O–H groups in total. The number of carbonyl (C=O) groups is 2. The minimum Gasteiger partial charge on any atom is -0.355 e. The molecule has 2 aromatic carbocycles. The summed E-state index contributed by atoms with van der Waals surface area (Å²) in [6.07, 6.45) is 1.49. The molecule has 0 unspecified atom stereocenters. The number of benzene rings is 2. The highest BCUT2D eigenvalue weighted by molar-refractivity contribution is 6.35. The fourth-order valence-corrected chi connectivity index (χ4v) is 3.30. The van der Waals surface area contributed by atoms with Crippen molar-refractivity contribution in [2.75, 3.05) is 12.4 Å². The minimum absolute atomic E-state index is 0.00674. The van der Waals surface area contributed by atoms with Gasteiger partial charge in [0.05, 0.1) is 10.7 Å². The third-order valence-electron chi connectivity index (χ3n) is 4.32. The van der Waals surface area contributed by atoms with E-state index in [1.165, 1.54) is 6.20 Å². The van der Waals surface area contributed by atoms with Crippen molar-refractivity contribution in [2.24, 2.45) is 0 Å². The van der Waals surface area contributed by atoms with E-state index in [0.29, 0.717) is 32.6 Å². The second-order valence-electron chi connectivity index (χ2n) is 6.41. The van der Waals surface area contributed by atoms with Crippen molar-refractivity contribution in [1.29, 1.82) is 0 Å². The fraction of sp³-hybridized carbons (Fsp3) is 0.143. The molecule has 148 valence electrons. The van der Waals surface area contributed by atoms with Crippen molar-refractivity contribution in [3.8, 4) is 11.3 Å². The Hall–Kier alpha value is -2.96. The van der Waals surface area contributed by atoms with Crippen LogP contribution in [0.2, 0.25) is 10.0 Å². The number of hydrogen-bond acceptors (Lipinski definition) is 4. The number of amides is 2. The average molecular weight is 429 g/mol. The average Bonchev–Trinajstić information content (AvgIpc) is 2.71. The van der Waals surface area contributed by atoms with Gasteiger partial charge in [-0.05, 0) is 61.4 Å². The van der Waals surface area contributed by atoms with E-state index < -0.39 is 5.91 Å². The first kappa shape index (κ1) is 20.8. The van der Waals surface area contributed by atoms with Gasteiger partial charge in [0.1, 0.15) is 0 Å². The molecule has 2 amide bonds. The normalized spacial score (nSPS) is 10.5. The summed E-state index contributed by atoms with van der Waals surface area (Å²) in [5.41, 5.74) is 3.74. The molecule has 0 aliphatic rings. The van der Waals surface area contributed by atoms with Crippen molar-refractivity contribution in [1.82, 2.24) is 15.3 Å². The number of aryl methyl sites for hydroxylation is 2. The second-order valence-corrected chi connectivity index (χ2v) is 7.25. The van der Waals surface area contributed by atoms with Crippen molar-refractivity contribution in [3.63, 3.8) is 0 Å². The summed E-state index contributed by atoms with van der Waals surface area (Å²) < 4.78 is 0. The highest BCUT2D eigenvalue weighted by atomic mass is 35.5. The number of nitrogens with one attached hydrogen (secondary N) is 2. The summed E-state index contributed by atoms with van der Waals surface area (Å²) in [6, 6.07) is 10.1. The molecular formula is C21H18Cl2N4O2. The van der Waals surface area contributed by atoms with Crippen molar-refractivity contribution < 1.29 is 9.59 Å². The third-order valence-corrected chi connectivity index (χ3v) is 4.89. The molecule has 0 spiro atoms. The summed E-state index contributed by atoms with van der Waals surface area (Å²) in [7, 11) is 1.57. The molecule has 29 heavy (non-hydrogen) atoms. The van der Waals surface area contributed by atoms with E-state index in [9.17, 15) is 9.59 Å². The molecule has 8 heteroatoms. The summed E-state index contributed by atoms with van der Waals surface area (Å²) >= 11 is 12.3. The lowest BCUT2D eigenvalue weighted by Gasteiger charge is -2.13. The van der Waals surface area contributed by atoms with Crippen LogP contribution >= 0.6 is 23.2 Å². The zero-order valence-corrected chi connectivity index (χ0v) is 17.5. The number of halogens is 2. The van der Waals surface area contributed by atoms with Gasteiger partial charge in [-0.1, -0.05) is 23.2 Å². The van der Waals surface area contributed by atoms with Gasteiger partial charge in [0, 0.05) is 35.1 Å². The Morgan fingerprint density at radius 1 is 0.966 bits per heavy atom. The highest BCUT2D eigenvalue weighted by Crippen LogP contribution is 2.29. The molecule has 1 heterocycles. The number of rotatable bonds is 4. The smallest absolute Gasteiger partial charge is 0.293 e. The molecule has 3 aromatic rings. The monoisotopic (exact) mass is 428 g/mol. The Balaban J connectivity index is 1.91. The molecular weight excluding hydrogens is 411 g/mol. The van der Waals surface area contributed by atoms with Crippen molar-refractivity contribution >= 4 is 40.7 Å². The molecule has 0 aliphatic carbocycles. The zero-order valence-electron chi connectivity index (χ0n) is 16.0. The topological polar surface area (TPSA) is 84.0 Å². The molecule has 1 aromatic heterocycles. The van der Waals surface area contributed by atoms with Crippen LogP contribution in [0, 0.1) is 13.8 Å². The first-order chi connectivity index (χ1) is 13.8. The summed E-state index contributed by atoms with van der Waals surface area (Å²) in [5, 5.41) is 6.39. The Kier molecular flexibility index (Phi) is 6.15. The molecule has 0 saturated heterocycles. The van der Waals surface area contributed by atoms with Gasteiger partial charge in [0.25, 0.3) is 11.8 Å². The van der Waals surface area contributed by atoms with Gasteiger partial charge in [0.15, 0.2) is 0 Å². The Morgan fingerprint density at radius 3 is 2.31 bits per heavy atom. The number of anilines is 1. The molecule has 0 saturated carbocycles. The second kappa shape index (κ2) is 8.59. The number of carbonyl (C=O) groups excluding carboxylic acids is 2. The van der Waals surface area contributed by atoms with Crippen LogP contribution in [0.25, 0.3) is 11.3 Å². The van der Waals surface area contributed by atoms with E-state index >= 15 is 0 Å². The first-order valence-electron chi connectivity index (χ1n) is 8.73. The quantitative estimate of drug-likeness (QED) is 0.631. The van der Waals surface area contributed by atoms with Gasteiger partial charge in [-0.2, -0.15) is 0 Å². The first-order valence-corrected chi connectivity index (χ1v) is 9.49. The van der Waals surface area contributed by atoms with E-state index in [2.05, 4.69) is 20.6 Å². The zero-order chi connectivity index (χ0) is 21.1. The van der Waals surface area contributed by atoms with Gasteiger partial charge in [-0.3, -0.25) is 9.59 Å². The maximum atomic E-state index is 12.8. The van der Waals surface area contributed by atoms with E-state index in [1.54, 1.807) is 43.4 Å². The van der Waals surface area contributed by atoms with Crippen LogP contribution in [0.1, 0.15) is 32.1 Å². The Labute approximate surface area is 178 Å². The number of aromatic nitrogens is 2. The molecule has 3 rings (SSSR count). The lowest BCUT2D eigenvalue weighted by molar-refractivity contribution is 0.0962. The van der Waals surface area contributed by atoms with Crippen LogP contribution in [0.3, 0.4) is 0 Å². The SMILES string of the molecule is CNC(=O)c1cc(C)c(NC(=O)c2nccc(-c3cc(Cl)ccc3Cl)n2)c(C)c1. The van der Waals surface area contributed by atoms with Crippen LogP contribution in [0.15, 0.2) is 42.6 Å². The molecule has 0 radical (unpaired) electrons. The van der Waals surface area contributed by atoms with E-state index in [1.807, 2.05) is 13.8 Å². The van der Waals surface area contributed by atoms with Gasteiger partial charge < -0.3 is 10.6 Å². The number of nitrogens with zero attached hydrogens (tertiary/aromatic N) is 2. The van der Waals surface area contributed by atoms with Gasteiger partial charge in [-0.15, -0.1) is 0 Å². The summed E-state index contributed by atoms with van der Waals surface area (Å²) in [4.78, 5) is 33.0. The third kappa shape index (κ3) is 4.55. The number of hydrogen-bond donors (Lipinski definition) is 2. The fourth-order valence-electron chi connectivity index (χ4n) is 2.92. The minimum atomic E-state index is -0.469. The predicted octanol–water partition coefficient (Wildman–Crippen LogP) is 4.68.